The summed E-state index contributed by atoms with van der Waals surface area (Å²) in [7, 11) is 1.32. The number of methoxy groups -OCH3 is 1. The first-order valence-electron chi connectivity index (χ1n) is 6.24. The maximum atomic E-state index is 12.3. The van der Waals surface area contributed by atoms with Crippen molar-refractivity contribution in [1.29, 1.82) is 0 Å². The number of ether oxygens (including phenoxy) is 1. The summed E-state index contributed by atoms with van der Waals surface area (Å²) < 4.78 is 4.65. The predicted octanol–water partition coefficient (Wildman–Crippen LogP) is 2.23. The van der Waals surface area contributed by atoms with Crippen LogP contribution in [0.1, 0.15) is 26.3 Å². The second kappa shape index (κ2) is 6.36. The van der Waals surface area contributed by atoms with E-state index in [9.17, 15) is 9.59 Å². The van der Waals surface area contributed by atoms with Gasteiger partial charge in [-0.05, 0) is 5.56 Å². The highest BCUT2D eigenvalue weighted by Gasteiger charge is 2.28. The van der Waals surface area contributed by atoms with Crippen LogP contribution in [0.4, 0.5) is 0 Å². The molecule has 0 aliphatic heterocycles. The number of benzene rings is 1. The van der Waals surface area contributed by atoms with Crippen LogP contribution in [0.5, 0.6) is 0 Å². The van der Waals surface area contributed by atoms with Crippen molar-refractivity contribution < 1.29 is 14.3 Å². The molecule has 0 aliphatic rings. The van der Waals surface area contributed by atoms with Crippen molar-refractivity contribution in [2.75, 3.05) is 13.7 Å². The number of carbonyl (C=O) groups is 2. The smallest absolute Gasteiger partial charge is 0.325 e. The SMILES string of the molecule is COC(=O)CN(Cc1ccccc1)C(=O)C(C)(C)C. The highest BCUT2D eigenvalue weighted by molar-refractivity contribution is 5.85. The molecule has 1 aromatic carbocycles. The molecule has 0 N–H and O–H groups in total. The topological polar surface area (TPSA) is 46.6 Å². The van der Waals surface area contributed by atoms with E-state index in [1.54, 1.807) is 0 Å². The fourth-order valence-electron chi connectivity index (χ4n) is 1.70. The van der Waals surface area contributed by atoms with Gasteiger partial charge in [-0.15, -0.1) is 0 Å². The normalized spacial score (nSPS) is 10.9. The Labute approximate surface area is 114 Å². The summed E-state index contributed by atoms with van der Waals surface area (Å²) in [6.45, 7) is 5.90. The van der Waals surface area contributed by atoms with Gasteiger partial charge in [-0.3, -0.25) is 9.59 Å². The fraction of sp³-hybridized carbons (Fsp3) is 0.467. The molecule has 0 saturated heterocycles. The van der Waals surface area contributed by atoms with Gasteiger partial charge in [0.25, 0.3) is 0 Å². The molecule has 0 aromatic heterocycles. The van der Waals surface area contributed by atoms with E-state index in [1.807, 2.05) is 51.1 Å². The van der Waals surface area contributed by atoms with Crippen LogP contribution in [0.15, 0.2) is 30.3 Å². The standard InChI is InChI=1S/C15H21NO3/c1-15(2,3)14(18)16(11-13(17)19-4)10-12-8-6-5-7-9-12/h5-9H,10-11H2,1-4H3. The molecular formula is C15H21NO3. The third-order valence-corrected chi connectivity index (χ3v) is 2.69. The van der Waals surface area contributed by atoms with E-state index < -0.39 is 11.4 Å². The van der Waals surface area contributed by atoms with Crippen LogP contribution in [0.3, 0.4) is 0 Å². The highest BCUT2D eigenvalue weighted by Crippen LogP contribution is 2.19. The third-order valence-electron chi connectivity index (χ3n) is 2.69. The molecule has 0 bridgehead atoms. The second-order valence-corrected chi connectivity index (χ2v) is 5.47. The Morgan fingerprint density at radius 2 is 1.74 bits per heavy atom. The molecule has 0 radical (unpaired) electrons. The molecule has 1 amide bonds. The van der Waals surface area contributed by atoms with Crippen LogP contribution in [0.2, 0.25) is 0 Å². The van der Waals surface area contributed by atoms with Gasteiger partial charge in [0.15, 0.2) is 0 Å². The average molecular weight is 263 g/mol. The van der Waals surface area contributed by atoms with Gasteiger partial charge in [-0.25, -0.2) is 0 Å². The number of amides is 1. The van der Waals surface area contributed by atoms with E-state index in [0.717, 1.165) is 5.56 Å². The predicted molar refractivity (Wildman–Crippen MR) is 73.3 cm³/mol. The fourth-order valence-corrected chi connectivity index (χ4v) is 1.70. The molecule has 1 rings (SSSR count). The molecule has 0 aliphatic carbocycles. The number of nitrogens with zero attached hydrogens (tertiary/aromatic N) is 1. The van der Waals surface area contributed by atoms with E-state index >= 15 is 0 Å². The van der Waals surface area contributed by atoms with Gasteiger partial charge in [-0.2, -0.15) is 0 Å². The molecule has 0 unspecified atom stereocenters. The number of carbonyl (C=O) groups excluding carboxylic acids is 2. The number of rotatable bonds is 4. The van der Waals surface area contributed by atoms with Gasteiger partial charge in [0.1, 0.15) is 6.54 Å². The lowest BCUT2D eigenvalue weighted by molar-refractivity contribution is -0.150. The molecule has 4 heteroatoms. The van der Waals surface area contributed by atoms with Crippen molar-refractivity contribution >= 4 is 11.9 Å². The van der Waals surface area contributed by atoms with Crippen molar-refractivity contribution in [3.8, 4) is 0 Å². The van der Waals surface area contributed by atoms with Crippen molar-refractivity contribution in [2.45, 2.75) is 27.3 Å². The van der Waals surface area contributed by atoms with Gasteiger partial charge < -0.3 is 9.64 Å². The van der Waals surface area contributed by atoms with Gasteiger partial charge in [0.05, 0.1) is 7.11 Å². The first-order chi connectivity index (χ1) is 8.84. The Morgan fingerprint density at radius 3 is 2.21 bits per heavy atom. The molecule has 0 heterocycles. The van der Waals surface area contributed by atoms with Crippen LogP contribution in [0, 0.1) is 5.41 Å². The van der Waals surface area contributed by atoms with Crippen LogP contribution >= 0.6 is 0 Å². The summed E-state index contributed by atoms with van der Waals surface area (Å²) in [4.78, 5) is 25.3. The zero-order valence-electron chi connectivity index (χ0n) is 12.0. The maximum absolute atomic E-state index is 12.3. The first kappa shape index (κ1) is 15.2. The summed E-state index contributed by atoms with van der Waals surface area (Å²) in [5.74, 6) is -0.477. The Balaban J connectivity index is 2.87. The Hall–Kier alpha value is -1.84. The Morgan fingerprint density at radius 1 is 1.16 bits per heavy atom. The van der Waals surface area contributed by atoms with E-state index in [2.05, 4.69) is 4.74 Å². The van der Waals surface area contributed by atoms with Crippen LogP contribution in [-0.4, -0.2) is 30.4 Å². The second-order valence-electron chi connectivity index (χ2n) is 5.47. The molecule has 0 spiro atoms. The molecule has 4 nitrogen and oxygen atoms in total. The summed E-state index contributed by atoms with van der Waals surface area (Å²) in [6, 6.07) is 9.60. The molecule has 0 saturated carbocycles. The van der Waals surface area contributed by atoms with Crippen LogP contribution < -0.4 is 0 Å². The van der Waals surface area contributed by atoms with Gasteiger partial charge in [-0.1, -0.05) is 51.1 Å². The van der Waals surface area contributed by atoms with Crippen molar-refractivity contribution in [3.05, 3.63) is 35.9 Å². The summed E-state index contributed by atoms with van der Waals surface area (Å²) in [5, 5.41) is 0. The lowest BCUT2D eigenvalue weighted by Gasteiger charge is -2.28. The zero-order valence-corrected chi connectivity index (χ0v) is 12.0. The number of hydrogen-bond donors (Lipinski definition) is 0. The molecular weight excluding hydrogens is 242 g/mol. The largest absolute Gasteiger partial charge is 0.468 e. The summed E-state index contributed by atoms with van der Waals surface area (Å²) >= 11 is 0. The third kappa shape index (κ3) is 4.73. The minimum Gasteiger partial charge on any atom is -0.468 e. The average Bonchev–Trinajstić information content (AvgIpc) is 2.37. The van der Waals surface area contributed by atoms with Crippen molar-refractivity contribution in [3.63, 3.8) is 0 Å². The van der Waals surface area contributed by atoms with E-state index in [1.165, 1.54) is 12.0 Å². The van der Waals surface area contributed by atoms with Crippen molar-refractivity contribution in [1.82, 2.24) is 4.90 Å². The number of esters is 1. The maximum Gasteiger partial charge on any atom is 0.325 e. The van der Waals surface area contributed by atoms with Crippen LogP contribution in [0.25, 0.3) is 0 Å². The zero-order chi connectivity index (χ0) is 14.5. The van der Waals surface area contributed by atoms with E-state index in [4.69, 9.17) is 0 Å². The van der Waals surface area contributed by atoms with Crippen LogP contribution in [-0.2, 0) is 20.9 Å². The first-order valence-corrected chi connectivity index (χ1v) is 6.24. The molecule has 0 atom stereocenters. The molecule has 1 aromatic rings. The molecule has 19 heavy (non-hydrogen) atoms. The Kier molecular flexibility index (Phi) is 5.10. The molecule has 104 valence electrons. The van der Waals surface area contributed by atoms with E-state index in [0.29, 0.717) is 6.54 Å². The lowest BCUT2D eigenvalue weighted by Crippen LogP contribution is -2.42. The molecule has 0 fully saturated rings. The van der Waals surface area contributed by atoms with Crippen molar-refractivity contribution in [2.24, 2.45) is 5.41 Å². The van der Waals surface area contributed by atoms with Gasteiger partial charge in [0, 0.05) is 12.0 Å². The summed E-state index contributed by atoms with van der Waals surface area (Å²) in [5.41, 5.74) is 0.465. The Bertz CT molecular complexity index is 434. The monoisotopic (exact) mass is 263 g/mol. The highest BCUT2D eigenvalue weighted by atomic mass is 16.5. The quantitative estimate of drug-likeness (QED) is 0.783. The minimum atomic E-state index is -0.525. The van der Waals surface area contributed by atoms with Gasteiger partial charge in [0.2, 0.25) is 5.91 Å². The number of hydrogen-bond acceptors (Lipinski definition) is 3. The lowest BCUT2D eigenvalue weighted by atomic mass is 9.94. The van der Waals surface area contributed by atoms with Gasteiger partial charge >= 0.3 is 5.97 Å². The summed E-state index contributed by atoms with van der Waals surface area (Å²) in [6.07, 6.45) is 0. The minimum absolute atomic E-state index is 0.0263. The van der Waals surface area contributed by atoms with E-state index in [-0.39, 0.29) is 12.5 Å².